The number of benzene rings is 1. The summed E-state index contributed by atoms with van der Waals surface area (Å²) in [5.41, 5.74) is -2.91. The van der Waals surface area contributed by atoms with Crippen LogP contribution in [0, 0.1) is 0 Å². The molecule has 0 aliphatic heterocycles. The van der Waals surface area contributed by atoms with Gasteiger partial charge in [0, 0.05) is 0 Å². The molecule has 0 fully saturated rings. The number of para-hydroxylation sites is 1. The van der Waals surface area contributed by atoms with Gasteiger partial charge in [-0.25, -0.2) is 0 Å². The number of halogens is 6. The van der Waals surface area contributed by atoms with Gasteiger partial charge in [0.2, 0.25) is 0 Å². The third kappa shape index (κ3) is 7.11. The van der Waals surface area contributed by atoms with Gasteiger partial charge in [0.05, 0.1) is 23.8 Å². The summed E-state index contributed by atoms with van der Waals surface area (Å²) >= 11 is 0. The second-order valence-corrected chi connectivity index (χ2v) is 4.45. The molecule has 0 N–H and O–H groups in total. The van der Waals surface area contributed by atoms with Gasteiger partial charge in [-0.3, -0.25) is 0 Å². The van der Waals surface area contributed by atoms with Crippen LogP contribution < -0.4 is 4.74 Å². The van der Waals surface area contributed by atoms with E-state index in [1.54, 1.807) is 13.8 Å². The Labute approximate surface area is 131 Å². The SMILES string of the molecule is CC.CC(C)OCCOc1c(C(F)(F)F)cccc1C(F)(F)F. The van der Waals surface area contributed by atoms with Crippen LogP contribution in [0.4, 0.5) is 26.3 Å². The van der Waals surface area contributed by atoms with E-state index in [1.807, 2.05) is 13.8 Å². The van der Waals surface area contributed by atoms with Crippen LogP contribution in [0.25, 0.3) is 0 Å². The van der Waals surface area contributed by atoms with Crippen molar-refractivity contribution < 1.29 is 35.8 Å². The summed E-state index contributed by atoms with van der Waals surface area (Å²) < 4.78 is 86.4. The third-order valence-electron chi connectivity index (χ3n) is 2.41. The van der Waals surface area contributed by atoms with Crippen LogP contribution in [0.15, 0.2) is 18.2 Å². The Morgan fingerprint density at radius 2 is 1.30 bits per heavy atom. The molecule has 0 saturated carbocycles. The summed E-state index contributed by atoms with van der Waals surface area (Å²) in [5.74, 6) is -1.22. The lowest BCUT2D eigenvalue weighted by Gasteiger charge is -2.19. The molecule has 0 aliphatic rings. The summed E-state index contributed by atoms with van der Waals surface area (Å²) in [5, 5.41) is 0. The lowest BCUT2D eigenvalue weighted by atomic mass is 10.1. The Bertz CT molecular complexity index is 434. The number of ether oxygens (including phenoxy) is 2. The van der Waals surface area contributed by atoms with Crippen LogP contribution in [-0.2, 0) is 17.1 Å². The minimum Gasteiger partial charge on any atom is -0.490 e. The predicted octanol–water partition coefficient (Wildman–Crippen LogP) is 5.55. The van der Waals surface area contributed by atoms with Crippen molar-refractivity contribution in [2.75, 3.05) is 13.2 Å². The Kier molecular flexibility index (Phi) is 8.44. The molecule has 1 aromatic rings. The van der Waals surface area contributed by atoms with Crippen molar-refractivity contribution in [1.29, 1.82) is 0 Å². The highest BCUT2D eigenvalue weighted by atomic mass is 19.4. The summed E-state index contributed by atoms with van der Waals surface area (Å²) in [4.78, 5) is 0. The monoisotopic (exact) mass is 346 g/mol. The average molecular weight is 346 g/mol. The first-order chi connectivity index (χ1) is 10.5. The smallest absolute Gasteiger partial charge is 0.419 e. The normalized spacial score (nSPS) is 12.0. The van der Waals surface area contributed by atoms with E-state index in [1.165, 1.54) is 0 Å². The molecule has 0 saturated heterocycles. The van der Waals surface area contributed by atoms with E-state index < -0.39 is 35.8 Å². The molecule has 2 nitrogen and oxygen atoms in total. The summed E-state index contributed by atoms with van der Waals surface area (Å²) in [6.45, 7) is 6.85. The van der Waals surface area contributed by atoms with Gasteiger partial charge in [-0.1, -0.05) is 19.9 Å². The minimum atomic E-state index is -4.94. The summed E-state index contributed by atoms with van der Waals surface area (Å²) in [6.07, 6.45) is -10.1. The van der Waals surface area contributed by atoms with Crippen molar-refractivity contribution in [2.45, 2.75) is 46.2 Å². The zero-order valence-corrected chi connectivity index (χ0v) is 13.3. The zero-order valence-electron chi connectivity index (χ0n) is 13.3. The first-order valence-corrected chi connectivity index (χ1v) is 7.05. The molecule has 0 unspecified atom stereocenters. The molecule has 0 amide bonds. The van der Waals surface area contributed by atoms with Crippen molar-refractivity contribution in [2.24, 2.45) is 0 Å². The van der Waals surface area contributed by atoms with Gasteiger partial charge in [-0.2, -0.15) is 26.3 Å². The summed E-state index contributed by atoms with van der Waals surface area (Å²) in [6, 6.07) is 1.80. The standard InChI is InChI=1S/C13H14F6O2.C2H6/c1-8(2)20-6-7-21-11-9(12(14,15)16)4-3-5-10(11)13(17,18)19;1-2/h3-5,8H,6-7H2,1-2H3;1-2H3. The van der Waals surface area contributed by atoms with Crippen molar-refractivity contribution in [3.05, 3.63) is 29.3 Å². The van der Waals surface area contributed by atoms with E-state index in [-0.39, 0.29) is 12.7 Å². The number of alkyl halides is 6. The molecule has 0 radical (unpaired) electrons. The van der Waals surface area contributed by atoms with E-state index in [2.05, 4.69) is 0 Å². The number of hydrogen-bond donors (Lipinski definition) is 0. The molecule has 23 heavy (non-hydrogen) atoms. The van der Waals surface area contributed by atoms with Crippen LogP contribution in [0.3, 0.4) is 0 Å². The first kappa shape index (κ1) is 21.6. The maximum absolute atomic E-state index is 12.8. The van der Waals surface area contributed by atoms with E-state index >= 15 is 0 Å². The molecule has 134 valence electrons. The van der Waals surface area contributed by atoms with Gasteiger partial charge in [0.1, 0.15) is 12.4 Å². The van der Waals surface area contributed by atoms with Crippen LogP contribution in [0.1, 0.15) is 38.8 Å². The number of hydrogen-bond acceptors (Lipinski definition) is 2. The van der Waals surface area contributed by atoms with Crippen LogP contribution in [0.2, 0.25) is 0 Å². The molecule has 0 aromatic heterocycles. The summed E-state index contributed by atoms with van der Waals surface area (Å²) in [7, 11) is 0. The average Bonchev–Trinajstić information content (AvgIpc) is 2.43. The van der Waals surface area contributed by atoms with Gasteiger partial charge in [-0.15, -0.1) is 0 Å². The number of rotatable bonds is 5. The molecule has 1 aromatic carbocycles. The Morgan fingerprint density at radius 1 is 0.870 bits per heavy atom. The highest BCUT2D eigenvalue weighted by Gasteiger charge is 2.41. The van der Waals surface area contributed by atoms with Gasteiger partial charge < -0.3 is 9.47 Å². The topological polar surface area (TPSA) is 18.5 Å². The van der Waals surface area contributed by atoms with Crippen LogP contribution in [-0.4, -0.2) is 19.3 Å². The minimum absolute atomic E-state index is 0.110. The molecule has 1 rings (SSSR count). The van der Waals surface area contributed by atoms with Gasteiger partial charge in [-0.05, 0) is 26.0 Å². The Hall–Kier alpha value is -1.44. The maximum Gasteiger partial charge on any atom is 0.419 e. The van der Waals surface area contributed by atoms with Crippen LogP contribution >= 0.6 is 0 Å². The highest BCUT2D eigenvalue weighted by Crippen LogP contribution is 2.43. The molecule has 8 heteroatoms. The van der Waals surface area contributed by atoms with E-state index in [0.29, 0.717) is 18.2 Å². The molecular formula is C15H20F6O2. The Balaban J connectivity index is 0.00000232. The second-order valence-electron chi connectivity index (χ2n) is 4.45. The highest BCUT2D eigenvalue weighted by molar-refractivity contribution is 5.44. The molecule has 0 aliphatic carbocycles. The van der Waals surface area contributed by atoms with Crippen molar-refractivity contribution in [3.63, 3.8) is 0 Å². The maximum atomic E-state index is 12.8. The van der Waals surface area contributed by atoms with Gasteiger partial charge in [0.15, 0.2) is 0 Å². The van der Waals surface area contributed by atoms with Crippen molar-refractivity contribution >= 4 is 0 Å². The lowest BCUT2D eigenvalue weighted by molar-refractivity contribution is -0.145. The fourth-order valence-corrected chi connectivity index (χ4v) is 1.57. The first-order valence-electron chi connectivity index (χ1n) is 7.05. The van der Waals surface area contributed by atoms with E-state index in [9.17, 15) is 26.3 Å². The molecule has 0 heterocycles. The largest absolute Gasteiger partial charge is 0.490 e. The lowest BCUT2D eigenvalue weighted by Crippen LogP contribution is -2.18. The zero-order chi connectivity index (χ0) is 18.3. The van der Waals surface area contributed by atoms with E-state index in [0.717, 1.165) is 0 Å². The molecular weight excluding hydrogens is 326 g/mol. The fourth-order valence-electron chi connectivity index (χ4n) is 1.57. The quantitative estimate of drug-likeness (QED) is 0.514. The van der Waals surface area contributed by atoms with E-state index in [4.69, 9.17) is 9.47 Å². The predicted molar refractivity (Wildman–Crippen MR) is 74.4 cm³/mol. The molecule has 0 atom stereocenters. The molecule has 0 bridgehead atoms. The second kappa shape index (κ2) is 9.00. The van der Waals surface area contributed by atoms with Gasteiger partial charge >= 0.3 is 12.4 Å². The van der Waals surface area contributed by atoms with Crippen LogP contribution in [0.5, 0.6) is 5.75 Å². The third-order valence-corrected chi connectivity index (χ3v) is 2.41. The molecule has 0 spiro atoms. The van der Waals surface area contributed by atoms with Crippen molar-refractivity contribution in [3.8, 4) is 5.75 Å². The van der Waals surface area contributed by atoms with Crippen molar-refractivity contribution in [1.82, 2.24) is 0 Å². The van der Waals surface area contributed by atoms with Gasteiger partial charge in [0.25, 0.3) is 0 Å². The Morgan fingerprint density at radius 3 is 1.65 bits per heavy atom. The fraction of sp³-hybridized carbons (Fsp3) is 0.600.